The maximum atomic E-state index is 14.2. The fourth-order valence-electron chi connectivity index (χ4n) is 3.54. The van der Waals surface area contributed by atoms with E-state index in [0.29, 0.717) is 18.4 Å². The number of ether oxygens (including phenoxy) is 1. The minimum atomic E-state index is -4.43. The largest absolute Gasteiger partial charge is 0.484 e. The third-order valence-electron chi connectivity index (χ3n) is 5.36. The van der Waals surface area contributed by atoms with Crippen LogP contribution in [0.25, 0.3) is 0 Å². The van der Waals surface area contributed by atoms with Crippen LogP contribution in [0.4, 0.5) is 26.7 Å². The van der Waals surface area contributed by atoms with Gasteiger partial charge in [-0.05, 0) is 50.7 Å². The summed E-state index contributed by atoms with van der Waals surface area (Å²) in [6.07, 6.45) is -2.13. The number of amides is 2. The van der Waals surface area contributed by atoms with Gasteiger partial charge in [0.05, 0.1) is 18.4 Å². The number of hydrogen-bond donors (Lipinski definition) is 1. The van der Waals surface area contributed by atoms with Crippen LogP contribution < -0.4 is 10.1 Å². The predicted octanol–water partition coefficient (Wildman–Crippen LogP) is 4.11. The molecule has 0 spiro atoms. The third kappa shape index (κ3) is 7.55. The summed E-state index contributed by atoms with van der Waals surface area (Å²) in [5.74, 6) is -1.56. The Labute approximate surface area is 188 Å². The molecule has 1 aromatic heterocycles. The SMILES string of the molecule is CN1CCC(N(Cc2ncc(F)cc2F)C(=O)NCc2ccc(OCC(F)(F)F)cc2)CC1. The van der Waals surface area contributed by atoms with Gasteiger partial charge in [0.15, 0.2) is 6.61 Å². The predicted molar refractivity (Wildman–Crippen MR) is 110 cm³/mol. The number of pyridine rings is 1. The fraction of sp³-hybridized carbons (Fsp3) is 0.455. The molecule has 0 saturated carbocycles. The molecule has 2 heterocycles. The highest BCUT2D eigenvalue weighted by molar-refractivity contribution is 5.74. The normalized spacial score (nSPS) is 15.3. The summed E-state index contributed by atoms with van der Waals surface area (Å²) in [5, 5.41) is 2.76. The zero-order valence-electron chi connectivity index (χ0n) is 18.0. The Kier molecular flexibility index (Phi) is 8.06. The second-order valence-corrected chi connectivity index (χ2v) is 7.95. The van der Waals surface area contributed by atoms with Gasteiger partial charge in [-0.1, -0.05) is 12.1 Å². The number of halogens is 5. The molecule has 1 N–H and O–H groups in total. The molecule has 1 aliphatic rings. The van der Waals surface area contributed by atoms with Crippen molar-refractivity contribution in [3.05, 3.63) is 59.4 Å². The Balaban J connectivity index is 1.64. The average molecular weight is 472 g/mol. The van der Waals surface area contributed by atoms with Gasteiger partial charge in [-0.25, -0.2) is 13.6 Å². The van der Waals surface area contributed by atoms with Crippen LogP contribution in [0.1, 0.15) is 24.1 Å². The van der Waals surface area contributed by atoms with Gasteiger partial charge in [0.25, 0.3) is 0 Å². The van der Waals surface area contributed by atoms with Gasteiger partial charge >= 0.3 is 12.2 Å². The highest BCUT2D eigenvalue weighted by Crippen LogP contribution is 2.21. The zero-order chi connectivity index (χ0) is 24.0. The summed E-state index contributed by atoms with van der Waals surface area (Å²) in [4.78, 5) is 20.4. The van der Waals surface area contributed by atoms with Crippen LogP contribution in [0.5, 0.6) is 5.75 Å². The standard InChI is InChI=1S/C22H25F5N4O2/c1-30-8-6-17(7-9-30)31(13-20-19(24)10-16(23)12-28-20)21(32)29-11-15-2-4-18(5-3-15)33-14-22(25,26)27/h2-5,10,12,17H,6-9,11,13-14H2,1H3,(H,29,32). The lowest BCUT2D eigenvalue weighted by molar-refractivity contribution is -0.153. The number of aromatic nitrogens is 1. The number of alkyl halides is 3. The Morgan fingerprint density at radius 1 is 1.21 bits per heavy atom. The highest BCUT2D eigenvalue weighted by atomic mass is 19.4. The number of carbonyl (C=O) groups excluding carboxylic acids is 1. The van der Waals surface area contributed by atoms with Crippen LogP contribution in [0.3, 0.4) is 0 Å². The first-order chi connectivity index (χ1) is 15.6. The Morgan fingerprint density at radius 3 is 2.48 bits per heavy atom. The number of benzene rings is 1. The van der Waals surface area contributed by atoms with E-state index in [2.05, 4.69) is 19.9 Å². The lowest BCUT2D eigenvalue weighted by Gasteiger charge is -2.37. The number of hydrogen-bond acceptors (Lipinski definition) is 4. The molecule has 180 valence electrons. The molecule has 2 amide bonds. The average Bonchev–Trinajstić information content (AvgIpc) is 2.76. The molecular weight excluding hydrogens is 447 g/mol. The van der Waals surface area contributed by atoms with Gasteiger partial charge in [-0.3, -0.25) is 4.98 Å². The van der Waals surface area contributed by atoms with Crippen molar-refractivity contribution in [2.45, 2.75) is 38.1 Å². The van der Waals surface area contributed by atoms with Crippen LogP contribution in [0.2, 0.25) is 0 Å². The number of nitrogens with one attached hydrogen (secondary N) is 1. The van der Waals surface area contributed by atoms with Gasteiger partial charge in [0.1, 0.15) is 17.4 Å². The van der Waals surface area contributed by atoms with E-state index in [4.69, 9.17) is 0 Å². The van der Waals surface area contributed by atoms with E-state index in [0.717, 1.165) is 25.4 Å². The van der Waals surface area contributed by atoms with Crippen molar-refractivity contribution in [2.24, 2.45) is 0 Å². The van der Waals surface area contributed by atoms with Crippen LogP contribution in [-0.4, -0.2) is 59.8 Å². The maximum absolute atomic E-state index is 14.2. The zero-order valence-corrected chi connectivity index (χ0v) is 18.0. The number of rotatable bonds is 7. The van der Waals surface area contributed by atoms with Gasteiger partial charge in [-0.2, -0.15) is 13.2 Å². The van der Waals surface area contributed by atoms with E-state index < -0.39 is 30.4 Å². The van der Waals surface area contributed by atoms with E-state index in [-0.39, 0.29) is 30.6 Å². The first-order valence-corrected chi connectivity index (χ1v) is 10.4. The monoisotopic (exact) mass is 472 g/mol. The van der Waals surface area contributed by atoms with Crippen molar-refractivity contribution in [1.29, 1.82) is 0 Å². The van der Waals surface area contributed by atoms with Crippen LogP contribution in [0, 0.1) is 11.6 Å². The van der Waals surface area contributed by atoms with Gasteiger partial charge in [-0.15, -0.1) is 0 Å². The van der Waals surface area contributed by atoms with Crippen molar-refractivity contribution >= 4 is 6.03 Å². The molecule has 3 rings (SSSR count). The van der Waals surface area contributed by atoms with E-state index in [1.54, 1.807) is 12.1 Å². The second-order valence-electron chi connectivity index (χ2n) is 7.95. The molecule has 2 aromatic rings. The van der Waals surface area contributed by atoms with Crippen LogP contribution >= 0.6 is 0 Å². The molecule has 6 nitrogen and oxygen atoms in total. The lowest BCUT2D eigenvalue weighted by Crippen LogP contribution is -2.49. The third-order valence-corrected chi connectivity index (χ3v) is 5.36. The minimum Gasteiger partial charge on any atom is -0.484 e. The Hall–Kier alpha value is -2.95. The van der Waals surface area contributed by atoms with Crippen molar-refractivity contribution in [2.75, 3.05) is 26.7 Å². The molecule has 33 heavy (non-hydrogen) atoms. The number of likely N-dealkylation sites (tertiary alicyclic amines) is 1. The number of nitrogens with zero attached hydrogens (tertiary/aromatic N) is 3. The molecule has 1 aliphatic heterocycles. The minimum absolute atomic E-state index is 0.0309. The number of piperidine rings is 1. The summed E-state index contributed by atoms with van der Waals surface area (Å²) < 4.78 is 68.8. The molecule has 0 radical (unpaired) electrons. The Bertz CT molecular complexity index is 931. The highest BCUT2D eigenvalue weighted by Gasteiger charge is 2.29. The van der Waals surface area contributed by atoms with Crippen molar-refractivity contribution in [3.8, 4) is 5.75 Å². The molecule has 1 saturated heterocycles. The molecule has 1 fully saturated rings. The van der Waals surface area contributed by atoms with Crippen molar-refractivity contribution in [1.82, 2.24) is 20.1 Å². The summed E-state index contributed by atoms with van der Waals surface area (Å²) in [5.41, 5.74) is 0.619. The summed E-state index contributed by atoms with van der Waals surface area (Å²) >= 11 is 0. The molecule has 0 bridgehead atoms. The van der Waals surface area contributed by atoms with E-state index in [9.17, 15) is 26.7 Å². The quantitative estimate of drug-likeness (QED) is 0.617. The van der Waals surface area contributed by atoms with Crippen LogP contribution in [0.15, 0.2) is 36.5 Å². The lowest BCUT2D eigenvalue weighted by atomic mass is 10.0. The van der Waals surface area contributed by atoms with E-state index in [1.807, 2.05) is 7.05 Å². The Morgan fingerprint density at radius 2 is 1.88 bits per heavy atom. The topological polar surface area (TPSA) is 57.7 Å². The van der Waals surface area contributed by atoms with Crippen LogP contribution in [-0.2, 0) is 13.1 Å². The second kappa shape index (κ2) is 10.8. The summed E-state index contributed by atoms with van der Waals surface area (Å²) in [6.45, 7) is 0.153. The molecule has 0 aliphatic carbocycles. The van der Waals surface area contributed by atoms with Crippen molar-refractivity contribution in [3.63, 3.8) is 0 Å². The van der Waals surface area contributed by atoms with E-state index >= 15 is 0 Å². The molecule has 11 heteroatoms. The van der Waals surface area contributed by atoms with Gasteiger partial charge in [0.2, 0.25) is 0 Å². The number of urea groups is 1. The molecule has 1 aromatic carbocycles. The number of carbonyl (C=O) groups is 1. The molecular formula is C22H25F5N4O2. The van der Waals surface area contributed by atoms with Gasteiger partial charge in [0, 0.05) is 18.7 Å². The first-order valence-electron chi connectivity index (χ1n) is 10.4. The maximum Gasteiger partial charge on any atom is 0.422 e. The van der Waals surface area contributed by atoms with Crippen molar-refractivity contribution < 1.29 is 31.5 Å². The summed E-state index contributed by atoms with van der Waals surface area (Å²) in [7, 11) is 1.98. The smallest absolute Gasteiger partial charge is 0.422 e. The summed E-state index contributed by atoms with van der Waals surface area (Å²) in [6, 6.07) is 6.02. The molecule has 0 atom stereocenters. The molecule has 0 unspecified atom stereocenters. The fourth-order valence-corrected chi connectivity index (χ4v) is 3.54. The van der Waals surface area contributed by atoms with E-state index in [1.165, 1.54) is 17.0 Å². The van der Waals surface area contributed by atoms with Gasteiger partial charge < -0.3 is 19.9 Å². The first kappa shape index (κ1) is 24.7.